The van der Waals surface area contributed by atoms with Gasteiger partial charge in [0.05, 0.1) is 12.6 Å². The van der Waals surface area contributed by atoms with Crippen molar-refractivity contribution in [3.63, 3.8) is 0 Å². The molecule has 21 heavy (non-hydrogen) atoms. The fourth-order valence-electron chi connectivity index (χ4n) is 2.36. The molecule has 0 aliphatic carbocycles. The number of nitrogens with zero attached hydrogens (tertiary/aromatic N) is 1. The van der Waals surface area contributed by atoms with E-state index in [-0.39, 0.29) is 11.7 Å². The Kier molecular flexibility index (Phi) is 5.11. The topological polar surface area (TPSA) is 71.5 Å². The van der Waals surface area contributed by atoms with Gasteiger partial charge in [-0.05, 0) is 17.9 Å². The number of aromatic carboxylic acids is 1. The van der Waals surface area contributed by atoms with Gasteiger partial charge in [-0.2, -0.15) is 0 Å². The molecule has 112 valence electrons. The van der Waals surface area contributed by atoms with Gasteiger partial charge in [-0.1, -0.05) is 37.6 Å². The van der Waals surface area contributed by atoms with Gasteiger partial charge in [0.15, 0.2) is 5.69 Å². The number of carboxylic acids is 1. The van der Waals surface area contributed by atoms with Gasteiger partial charge in [-0.25, -0.2) is 9.78 Å². The van der Waals surface area contributed by atoms with Crippen LogP contribution in [0.4, 0.5) is 5.82 Å². The summed E-state index contributed by atoms with van der Waals surface area (Å²) in [6, 6.07) is 9.33. The number of aromatic nitrogens is 1. The van der Waals surface area contributed by atoms with E-state index in [9.17, 15) is 9.90 Å². The summed E-state index contributed by atoms with van der Waals surface area (Å²) in [4.78, 5) is 15.5. The molecule has 5 nitrogen and oxygen atoms in total. The number of fused-ring (bicyclic) bond motifs is 1. The predicted octanol–water partition coefficient (Wildman–Crippen LogP) is 3.16. The van der Waals surface area contributed by atoms with Crippen molar-refractivity contribution in [3.8, 4) is 0 Å². The zero-order valence-electron chi connectivity index (χ0n) is 12.3. The summed E-state index contributed by atoms with van der Waals surface area (Å²) in [5.41, 5.74) is 0.0452. The first kappa shape index (κ1) is 15.3. The van der Waals surface area contributed by atoms with E-state index in [0.29, 0.717) is 12.4 Å². The van der Waals surface area contributed by atoms with E-state index in [1.54, 1.807) is 13.2 Å². The highest BCUT2D eigenvalue weighted by molar-refractivity contribution is 5.97. The number of hydrogen-bond acceptors (Lipinski definition) is 4. The lowest BCUT2D eigenvalue weighted by molar-refractivity contribution is 0.0691. The van der Waals surface area contributed by atoms with Gasteiger partial charge < -0.3 is 15.2 Å². The zero-order chi connectivity index (χ0) is 15.2. The molecule has 1 aromatic heterocycles. The van der Waals surface area contributed by atoms with Crippen molar-refractivity contribution in [1.29, 1.82) is 0 Å². The number of carboxylic acid groups (broad SMARTS) is 1. The predicted molar refractivity (Wildman–Crippen MR) is 82.9 cm³/mol. The number of nitrogens with one attached hydrogen (secondary N) is 1. The van der Waals surface area contributed by atoms with Crippen molar-refractivity contribution >= 4 is 22.6 Å². The van der Waals surface area contributed by atoms with Crippen molar-refractivity contribution in [2.45, 2.75) is 25.8 Å². The van der Waals surface area contributed by atoms with Crippen LogP contribution in [0.3, 0.4) is 0 Å². The van der Waals surface area contributed by atoms with Crippen molar-refractivity contribution in [1.82, 2.24) is 4.98 Å². The molecule has 0 fully saturated rings. The van der Waals surface area contributed by atoms with Gasteiger partial charge in [0.25, 0.3) is 0 Å². The first-order valence-electron chi connectivity index (χ1n) is 7.04. The fraction of sp³-hybridized carbons (Fsp3) is 0.375. The van der Waals surface area contributed by atoms with Gasteiger partial charge >= 0.3 is 5.97 Å². The summed E-state index contributed by atoms with van der Waals surface area (Å²) in [6.07, 6.45) is 1.94. The molecule has 5 heteroatoms. The van der Waals surface area contributed by atoms with Crippen LogP contribution in [0.1, 0.15) is 30.3 Å². The molecule has 0 saturated carbocycles. The highest BCUT2D eigenvalue weighted by Gasteiger charge is 2.14. The number of rotatable bonds is 7. The fourth-order valence-corrected chi connectivity index (χ4v) is 2.36. The molecule has 0 radical (unpaired) electrons. The summed E-state index contributed by atoms with van der Waals surface area (Å²) < 4.78 is 5.21. The SMILES string of the molecule is CCCC(COC)Nc1nc(C(=O)O)cc2ccccc12. The first-order chi connectivity index (χ1) is 10.2. The third-order valence-electron chi connectivity index (χ3n) is 3.31. The maximum atomic E-state index is 11.2. The molecular weight excluding hydrogens is 268 g/mol. The molecule has 1 heterocycles. The first-order valence-corrected chi connectivity index (χ1v) is 7.04. The molecule has 0 bridgehead atoms. The Morgan fingerprint density at radius 1 is 1.43 bits per heavy atom. The zero-order valence-corrected chi connectivity index (χ0v) is 12.3. The minimum atomic E-state index is -1.03. The maximum absolute atomic E-state index is 11.2. The van der Waals surface area contributed by atoms with E-state index in [1.807, 2.05) is 24.3 Å². The quantitative estimate of drug-likeness (QED) is 0.819. The summed E-state index contributed by atoms with van der Waals surface area (Å²) >= 11 is 0. The van der Waals surface area contributed by atoms with Crippen LogP contribution in [0.25, 0.3) is 10.8 Å². The van der Waals surface area contributed by atoms with Crippen LogP contribution in [0.5, 0.6) is 0 Å². The van der Waals surface area contributed by atoms with Crippen LogP contribution in [0, 0.1) is 0 Å². The Balaban J connectivity index is 2.42. The molecule has 0 aliphatic heterocycles. The van der Waals surface area contributed by atoms with Gasteiger partial charge in [-0.3, -0.25) is 0 Å². The molecule has 0 amide bonds. The minimum absolute atomic E-state index is 0.0452. The van der Waals surface area contributed by atoms with Gasteiger partial charge in [0.1, 0.15) is 5.82 Å². The number of methoxy groups -OCH3 is 1. The van der Waals surface area contributed by atoms with Crippen LogP contribution in [-0.4, -0.2) is 35.8 Å². The van der Waals surface area contributed by atoms with E-state index in [2.05, 4.69) is 17.2 Å². The lowest BCUT2D eigenvalue weighted by Gasteiger charge is -2.19. The maximum Gasteiger partial charge on any atom is 0.354 e. The van der Waals surface area contributed by atoms with E-state index >= 15 is 0 Å². The van der Waals surface area contributed by atoms with Crippen molar-refractivity contribution < 1.29 is 14.6 Å². The summed E-state index contributed by atoms with van der Waals surface area (Å²) in [5.74, 6) is -0.427. The Morgan fingerprint density at radius 2 is 2.19 bits per heavy atom. The van der Waals surface area contributed by atoms with E-state index in [1.165, 1.54) is 0 Å². The monoisotopic (exact) mass is 288 g/mol. The van der Waals surface area contributed by atoms with Crippen LogP contribution in [0.15, 0.2) is 30.3 Å². The number of benzene rings is 1. The molecule has 0 spiro atoms. The number of anilines is 1. The number of pyridine rings is 1. The largest absolute Gasteiger partial charge is 0.477 e. The number of ether oxygens (including phenoxy) is 1. The molecule has 0 aliphatic rings. The number of hydrogen-bond donors (Lipinski definition) is 2. The van der Waals surface area contributed by atoms with Crippen molar-refractivity contribution in [3.05, 3.63) is 36.0 Å². The Hall–Kier alpha value is -2.14. The second kappa shape index (κ2) is 7.04. The second-order valence-corrected chi connectivity index (χ2v) is 4.97. The van der Waals surface area contributed by atoms with Crippen molar-refractivity contribution in [2.24, 2.45) is 0 Å². The Morgan fingerprint density at radius 3 is 2.86 bits per heavy atom. The molecule has 1 unspecified atom stereocenters. The van der Waals surface area contributed by atoms with E-state index in [0.717, 1.165) is 23.6 Å². The lowest BCUT2D eigenvalue weighted by atomic mass is 10.1. The van der Waals surface area contributed by atoms with Gasteiger partial charge in [0.2, 0.25) is 0 Å². The van der Waals surface area contributed by atoms with Crippen LogP contribution >= 0.6 is 0 Å². The minimum Gasteiger partial charge on any atom is -0.477 e. The third-order valence-corrected chi connectivity index (χ3v) is 3.31. The van der Waals surface area contributed by atoms with E-state index < -0.39 is 5.97 Å². The van der Waals surface area contributed by atoms with Gasteiger partial charge in [-0.15, -0.1) is 0 Å². The standard InChI is InChI=1S/C16H20N2O3/c1-3-6-12(10-21-2)17-15-13-8-5-4-7-11(13)9-14(18-15)16(19)20/h4-5,7-9,12H,3,6,10H2,1-2H3,(H,17,18)(H,19,20). The summed E-state index contributed by atoms with van der Waals surface area (Å²) in [5, 5.41) is 14.3. The average molecular weight is 288 g/mol. The highest BCUT2D eigenvalue weighted by atomic mass is 16.5. The summed E-state index contributed by atoms with van der Waals surface area (Å²) in [6.45, 7) is 2.66. The lowest BCUT2D eigenvalue weighted by Crippen LogP contribution is -2.25. The average Bonchev–Trinajstić information content (AvgIpc) is 2.47. The number of carbonyl (C=O) groups is 1. The van der Waals surface area contributed by atoms with Crippen LogP contribution in [0.2, 0.25) is 0 Å². The molecule has 2 aromatic rings. The van der Waals surface area contributed by atoms with Crippen LogP contribution < -0.4 is 5.32 Å². The summed E-state index contributed by atoms with van der Waals surface area (Å²) in [7, 11) is 1.66. The van der Waals surface area contributed by atoms with Crippen LogP contribution in [-0.2, 0) is 4.74 Å². The smallest absolute Gasteiger partial charge is 0.354 e. The third kappa shape index (κ3) is 3.70. The molecule has 2 rings (SSSR count). The molecule has 1 aromatic carbocycles. The molecule has 1 atom stereocenters. The Labute approximate surface area is 124 Å². The normalized spacial score (nSPS) is 12.3. The van der Waals surface area contributed by atoms with Gasteiger partial charge in [0, 0.05) is 12.5 Å². The Bertz CT molecular complexity index is 622. The van der Waals surface area contributed by atoms with E-state index in [4.69, 9.17) is 4.74 Å². The highest BCUT2D eigenvalue weighted by Crippen LogP contribution is 2.23. The molecular formula is C16H20N2O3. The molecule has 2 N–H and O–H groups in total. The second-order valence-electron chi connectivity index (χ2n) is 4.97. The van der Waals surface area contributed by atoms with Crippen molar-refractivity contribution in [2.75, 3.05) is 19.0 Å². The molecule has 0 saturated heterocycles.